The molecule has 10 heteroatoms. The summed E-state index contributed by atoms with van der Waals surface area (Å²) >= 11 is 1.47. The standard InChI is InChI=1S/C30H28N4O4S2/c35-26-11-5-22(6-12-26)28-20-39-30(33-28)23-7-13-27(14-8-23)40(37,38)34-25-9-3-21(4-10-25)15-17-32-19-29(36)24-2-1-16-31-18-24/h1-14,16,18,20,29,32,34-36H,15,17,19H2. The molecule has 40 heavy (non-hydrogen) atoms. The molecule has 0 aliphatic carbocycles. The number of nitrogens with zero attached hydrogens (tertiary/aromatic N) is 2. The molecule has 0 saturated heterocycles. The zero-order valence-electron chi connectivity index (χ0n) is 21.4. The summed E-state index contributed by atoms with van der Waals surface area (Å²) in [5.41, 5.74) is 4.80. The SMILES string of the molecule is O=S(=O)(Nc1ccc(CCNCC(O)c2cccnc2)cc1)c1ccc(-c2nc(-c3ccc(O)cc3)cs2)cc1. The van der Waals surface area contributed by atoms with E-state index >= 15 is 0 Å². The van der Waals surface area contributed by atoms with Gasteiger partial charge in [0.25, 0.3) is 10.0 Å². The molecule has 5 aromatic rings. The lowest BCUT2D eigenvalue weighted by Crippen LogP contribution is -2.23. The molecule has 4 N–H and O–H groups in total. The maximum absolute atomic E-state index is 13.0. The van der Waals surface area contributed by atoms with E-state index in [4.69, 9.17) is 0 Å². The third kappa shape index (κ3) is 6.91. The van der Waals surface area contributed by atoms with E-state index in [0.29, 0.717) is 18.8 Å². The lowest BCUT2D eigenvalue weighted by atomic mass is 10.1. The van der Waals surface area contributed by atoms with Crippen LogP contribution in [0.4, 0.5) is 5.69 Å². The van der Waals surface area contributed by atoms with Crippen molar-refractivity contribution < 1.29 is 18.6 Å². The van der Waals surface area contributed by atoms with E-state index in [-0.39, 0.29) is 10.6 Å². The molecule has 2 heterocycles. The second-order valence-electron chi connectivity index (χ2n) is 9.17. The van der Waals surface area contributed by atoms with E-state index in [0.717, 1.165) is 39.4 Å². The molecule has 0 aliphatic heterocycles. The van der Waals surface area contributed by atoms with Gasteiger partial charge in [-0.3, -0.25) is 9.71 Å². The van der Waals surface area contributed by atoms with Crippen molar-refractivity contribution in [2.75, 3.05) is 17.8 Å². The van der Waals surface area contributed by atoms with Gasteiger partial charge in [-0.2, -0.15) is 0 Å². The second-order valence-corrected chi connectivity index (χ2v) is 11.7. The zero-order valence-corrected chi connectivity index (χ0v) is 23.1. The van der Waals surface area contributed by atoms with Crippen LogP contribution in [0.1, 0.15) is 17.2 Å². The predicted molar refractivity (Wildman–Crippen MR) is 158 cm³/mol. The largest absolute Gasteiger partial charge is 0.508 e. The number of nitrogens with one attached hydrogen (secondary N) is 2. The summed E-state index contributed by atoms with van der Waals surface area (Å²) in [6.07, 6.45) is 3.43. The first kappa shape index (κ1) is 27.5. The smallest absolute Gasteiger partial charge is 0.261 e. The predicted octanol–water partition coefficient (Wildman–Crippen LogP) is 5.24. The van der Waals surface area contributed by atoms with E-state index < -0.39 is 16.1 Å². The number of sulfonamides is 1. The Labute approximate surface area is 237 Å². The number of aliphatic hydroxyl groups excluding tert-OH is 1. The van der Waals surface area contributed by atoms with Crippen LogP contribution in [-0.4, -0.2) is 41.7 Å². The van der Waals surface area contributed by atoms with Crippen molar-refractivity contribution >= 4 is 27.0 Å². The summed E-state index contributed by atoms with van der Waals surface area (Å²) in [5, 5.41) is 25.6. The number of hydrogen-bond acceptors (Lipinski definition) is 8. The highest BCUT2D eigenvalue weighted by Gasteiger charge is 2.15. The number of hydrogen-bond donors (Lipinski definition) is 4. The molecular formula is C30H28N4O4S2. The molecule has 0 radical (unpaired) electrons. The van der Waals surface area contributed by atoms with Crippen LogP contribution in [0.2, 0.25) is 0 Å². The van der Waals surface area contributed by atoms with Gasteiger partial charge in [-0.15, -0.1) is 11.3 Å². The van der Waals surface area contributed by atoms with Crippen LogP contribution in [0.15, 0.2) is 108 Å². The zero-order chi connectivity index (χ0) is 28.0. The summed E-state index contributed by atoms with van der Waals surface area (Å²) < 4.78 is 28.6. The number of rotatable bonds is 11. The van der Waals surface area contributed by atoms with Crippen molar-refractivity contribution in [1.82, 2.24) is 15.3 Å². The van der Waals surface area contributed by atoms with Crippen molar-refractivity contribution in [3.63, 3.8) is 0 Å². The van der Waals surface area contributed by atoms with E-state index in [1.54, 1.807) is 79.1 Å². The van der Waals surface area contributed by atoms with Crippen LogP contribution >= 0.6 is 11.3 Å². The fourth-order valence-corrected chi connectivity index (χ4v) is 5.96. The molecule has 3 aromatic carbocycles. The minimum absolute atomic E-state index is 0.159. The van der Waals surface area contributed by atoms with Crippen molar-refractivity contribution in [1.29, 1.82) is 0 Å². The Hall–Kier alpha value is -4.09. The number of benzene rings is 3. The molecule has 1 atom stereocenters. The lowest BCUT2D eigenvalue weighted by Gasteiger charge is -2.12. The summed E-state index contributed by atoms with van der Waals surface area (Å²) in [4.78, 5) is 8.83. The van der Waals surface area contributed by atoms with E-state index in [9.17, 15) is 18.6 Å². The average Bonchev–Trinajstić information content (AvgIpc) is 3.47. The van der Waals surface area contributed by atoms with Crippen molar-refractivity contribution in [3.05, 3.63) is 114 Å². The highest BCUT2D eigenvalue weighted by atomic mass is 32.2. The Bertz CT molecular complexity index is 1640. The number of anilines is 1. The molecule has 0 spiro atoms. The monoisotopic (exact) mass is 572 g/mol. The van der Waals surface area contributed by atoms with E-state index in [1.165, 1.54) is 11.3 Å². The van der Waals surface area contributed by atoms with Crippen molar-refractivity contribution in [2.24, 2.45) is 0 Å². The Morgan fingerprint density at radius 1 is 0.900 bits per heavy atom. The first-order valence-electron chi connectivity index (χ1n) is 12.6. The molecule has 2 aromatic heterocycles. The van der Waals surface area contributed by atoms with Gasteiger partial charge in [-0.05, 0) is 73.1 Å². The molecule has 0 aliphatic rings. The maximum atomic E-state index is 13.0. The molecule has 0 saturated carbocycles. The number of aliphatic hydroxyl groups is 1. The van der Waals surface area contributed by atoms with Crippen LogP contribution in [0, 0.1) is 0 Å². The minimum atomic E-state index is -3.76. The van der Waals surface area contributed by atoms with Gasteiger partial charge in [0, 0.05) is 46.7 Å². The first-order valence-corrected chi connectivity index (χ1v) is 15.0. The quantitative estimate of drug-likeness (QED) is 0.160. The number of phenols is 1. The number of pyridine rings is 1. The summed E-state index contributed by atoms with van der Waals surface area (Å²) in [6.45, 7) is 1.09. The third-order valence-corrected chi connectivity index (χ3v) is 8.57. The first-order chi connectivity index (χ1) is 19.4. The minimum Gasteiger partial charge on any atom is -0.508 e. The highest BCUT2D eigenvalue weighted by molar-refractivity contribution is 7.92. The molecule has 0 bridgehead atoms. The third-order valence-electron chi connectivity index (χ3n) is 6.28. The van der Waals surface area contributed by atoms with Crippen molar-refractivity contribution in [2.45, 2.75) is 17.4 Å². The molecule has 5 rings (SSSR count). The number of aromatic nitrogens is 2. The second kappa shape index (κ2) is 12.4. The van der Waals surface area contributed by atoms with Crippen LogP contribution in [0.5, 0.6) is 5.75 Å². The summed E-state index contributed by atoms with van der Waals surface area (Å²) in [6, 6.07) is 24.3. The van der Waals surface area contributed by atoms with E-state index in [2.05, 4.69) is 20.0 Å². The Kier molecular flexibility index (Phi) is 8.51. The van der Waals surface area contributed by atoms with Crippen LogP contribution in [-0.2, 0) is 16.4 Å². The van der Waals surface area contributed by atoms with Crippen LogP contribution in [0.3, 0.4) is 0 Å². The van der Waals surface area contributed by atoms with Gasteiger partial charge < -0.3 is 15.5 Å². The molecule has 0 fully saturated rings. The molecule has 0 amide bonds. The molecular weight excluding hydrogens is 544 g/mol. The number of aromatic hydroxyl groups is 1. The fraction of sp³-hybridized carbons (Fsp3) is 0.133. The van der Waals surface area contributed by atoms with Crippen molar-refractivity contribution in [3.8, 4) is 27.6 Å². The van der Waals surface area contributed by atoms with Gasteiger partial charge in [-0.25, -0.2) is 13.4 Å². The number of phenolic OH excluding ortho intramolecular Hbond substituents is 1. The van der Waals surface area contributed by atoms with Gasteiger partial charge in [-0.1, -0.05) is 30.3 Å². The molecule has 8 nitrogen and oxygen atoms in total. The fourth-order valence-electron chi connectivity index (χ4n) is 4.06. The molecule has 1 unspecified atom stereocenters. The number of thiazole rings is 1. The molecule has 204 valence electrons. The Morgan fingerprint density at radius 3 is 2.33 bits per heavy atom. The van der Waals surface area contributed by atoms with Gasteiger partial charge in [0.15, 0.2) is 0 Å². The van der Waals surface area contributed by atoms with E-state index in [1.807, 2.05) is 23.6 Å². The normalized spacial score (nSPS) is 12.2. The topological polar surface area (TPSA) is 124 Å². The van der Waals surface area contributed by atoms with Crippen LogP contribution in [0.25, 0.3) is 21.8 Å². The lowest BCUT2D eigenvalue weighted by molar-refractivity contribution is 0.174. The maximum Gasteiger partial charge on any atom is 0.261 e. The highest BCUT2D eigenvalue weighted by Crippen LogP contribution is 2.30. The van der Waals surface area contributed by atoms with Gasteiger partial charge in [0.05, 0.1) is 16.7 Å². The Balaban J connectivity index is 1.14. The van der Waals surface area contributed by atoms with Gasteiger partial charge >= 0.3 is 0 Å². The van der Waals surface area contributed by atoms with Gasteiger partial charge in [0.2, 0.25) is 0 Å². The average molecular weight is 573 g/mol. The summed E-state index contributed by atoms with van der Waals surface area (Å²) in [5.74, 6) is 0.197. The summed E-state index contributed by atoms with van der Waals surface area (Å²) in [7, 11) is -3.76. The Morgan fingerprint density at radius 2 is 1.62 bits per heavy atom. The van der Waals surface area contributed by atoms with Crippen LogP contribution < -0.4 is 10.0 Å². The van der Waals surface area contributed by atoms with Gasteiger partial charge in [0.1, 0.15) is 10.8 Å².